The van der Waals surface area contributed by atoms with E-state index in [9.17, 15) is 14.7 Å². The van der Waals surface area contributed by atoms with E-state index < -0.39 is 11.4 Å². The summed E-state index contributed by atoms with van der Waals surface area (Å²) in [6.45, 7) is 0. The third-order valence-electron chi connectivity index (χ3n) is 3.70. The molecule has 0 aliphatic heterocycles. The molecule has 0 radical (unpaired) electrons. The summed E-state index contributed by atoms with van der Waals surface area (Å²) in [5.74, 6) is 0.437. The molecule has 5 nitrogen and oxygen atoms in total. The zero-order chi connectivity index (χ0) is 10.6. The van der Waals surface area contributed by atoms with E-state index in [1.54, 1.807) is 0 Å². The summed E-state index contributed by atoms with van der Waals surface area (Å²) in [5, 5.41) is 11.4. The molecule has 0 spiro atoms. The van der Waals surface area contributed by atoms with Crippen molar-refractivity contribution in [3.05, 3.63) is 22.2 Å². The van der Waals surface area contributed by atoms with Crippen molar-refractivity contribution in [3.63, 3.8) is 0 Å². The van der Waals surface area contributed by atoms with Crippen LogP contribution in [0.1, 0.15) is 25.0 Å². The minimum Gasteiger partial charge on any atom is -0.480 e. The number of aliphatic carboxylic acids is 1. The number of carboxylic acids is 1. The van der Waals surface area contributed by atoms with Gasteiger partial charge in [-0.2, -0.15) is 5.16 Å². The minimum atomic E-state index is -0.952. The van der Waals surface area contributed by atoms with Gasteiger partial charge in [0.1, 0.15) is 5.41 Å². The van der Waals surface area contributed by atoms with Crippen molar-refractivity contribution in [2.24, 2.45) is 11.8 Å². The van der Waals surface area contributed by atoms with Crippen LogP contribution in [0.2, 0.25) is 0 Å². The van der Waals surface area contributed by atoms with E-state index in [2.05, 4.69) is 5.16 Å². The molecule has 3 rings (SSSR count). The molecule has 2 atom stereocenters. The lowest BCUT2D eigenvalue weighted by Crippen LogP contribution is -2.34. The van der Waals surface area contributed by atoms with Gasteiger partial charge in [-0.15, -0.1) is 0 Å². The van der Waals surface area contributed by atoms with Gasteiger partial charge >= 0.3 is 5.97 Å². The smallest absolute Gasteiger partial charge is 0.317 e. The van der Waals surface area contributed by atoms with Crippen LogP contribution >= 0.6 is 0 Å². The molecule has 2 aliphatic carbocycles. The Hall–Kier alpha value is -1.52. The summed E-state index contributed by atoms with van der Waals surface area (Å²) in [6.07, 6.45) is 2.34. The summed E-state index contributed by atoms with van der Waals surface area (Å²) in [5.41, 5.74) is -1.32. The fraction of sp³-hybridized carbons (Fsp3) is 0.600. The van der Waals surface area contributed by atoms with Gasteiger partial charge in [0.15, 0.2) is 5.76 Å². The topological polar surface area (TPSA) is 83.3 Å². The van der Waals surface area contributed by atoms with Crippen LogP contribution in [0.5, 0.6) is 0 Å². The van der Waals surface area contributed by atoms with Gasteiger partial charge in [-0.3, -0.25) is 9.59 Å². The van der Waals surface area contributed by atoms with Gasteiger partial charge in [0.25, 0.3) is 5.56 Å². The number of nitrogens with one attached hydrogen (secondary N) is 1. The molecular formula is C10H11NO4. The number of hydrogen-bond donors (Lipinski definition) is 2. The molecule has 80 valence electrons. The van der Waals surface area contributed by atoms with Crippen LogP contribution < -0.4 is 5.56 Å². The number of aromatic nitrogens is 1. The molecule has 2 unspecified atom stereocenters. The number of hydrogen-bond acceptors (Lipinski definition) is 3. The molecule has 5 heteroatoms. The van der Waals surface area contributed by atoms with E-state index in [1.165, 1.54) is 6.07 Å². The Labute approximate surface area is 85.1 Å². The van der Waals surface area contributed by atoms with Gasteiger partial charge in [0.2, 0.25) is 0 Å². The number of carboxylic acid groups (broad SMARTS) is 1. The van der Waals surface area contributed by atoms with E-state index in [-0.39, 0.29) is 11.3 Å². The lowest BCUT2D eigenvalue weighted by Gasteiger charge is -2.22. The minimum absolute atomic E-state index is 0.284. The van der Waals surface area contributed by atoms with E-state index >= 15 is 0 Å². The summed E-state index contributed by atoms with van der Waals surface area (Å²) >= 11 is 0. The summed E-state index contributed by atoms with van der Waals surface area (Å²) < 4.78 is 4.96. The van der Waals surface area contributed by atoms with Crippen molar-refractivity contribution in [3.8, 4) is 0 Å². The van der Waals surface area contributed by atoms with E-state index in [0.29, 0.717) is 24.7 Å². The molecule has 0 bridgehead atoms. The van der Waals surface area contributed by atoms with Crippen molar-refractivity contribution < 1.29 is 14.4 Å². The highest BCUT2D eigenvalue weighted by atomic mass is 16.5. The van der Waals surface area contributed by atoms with Crippen molar-refractivity contribution in [1.29, 1.82) is 0 Å². The van der Waals surface area contributed by atoms with Gasteiger partial charge in [0.05, 0.1) is 0 Å². The van der Waals surface area contributed by atoms with Gasteiger partial charge in [-0.05, 0) is 31.1 Å². The number of fused-ring (bicyclic) bond motifs is 1. The standard InChI is InChI=1S/C10H11NO4/c12-8-2-7(15-11-8)10(9(13)14)3-5-1-6(5)4-10/h2,5-6H,1,3-4H2,(H,11,12)(H,13,14). The highest BCUT2D eigenvalue weighted by Crippen LogP contribution is 2.60. The normalized spacial score (nSPS) is 37.6. The van der Waals surface area contributed by atoms with Gasteiger partial charge in [0, 0.05) is 6.07 Å². The maximum Gasteiger partial charge on any atom is 0.317 e. The Morgan fingerprint density at radius 1 is 1.53 bits per heavy atom. The monoisotopic (exact) mass is 209 g/mol. The van der Waals surface area contributed by atoms with E-state index in [1.807, 2.05) is 0 Å². The van der Waals surface area contributed by atoms with Crippen LogP contribution in [0.3, 0.4) is 0 Å². The first-order valence-electron chi connectivity index (χ1n) is 5.04. The first-order chi connectivity index (χ1) is 7.12. The van der Waals surface area contributed by atoms with E-state index in [4.69, 9.17) is 4.52 Å². The predicted molar refractivity (Wildman–Crippen MR) is 49.5 cm³/mol. The Kier molecular flexibility index (Phi) is 1.48. The molecule has 1 aromatic rings. The molecule has 0 saturated heterocycles. The largest absolute Gasteiger partial charge is 0.480 e. The second-order valence-electron chi connectivity index (χ2n) is 4.63. The van der Waals surface area contributed by atoms with Gasteiger partial charge in [-0.25, -0.2) is 0 Å². The van der Waals surface area contributed by atoms with Crippen LogP contribution in [0, 0.1) is 11.8 Å². The number of H-pyrrole nitrogens is 1. The maximum atomic E-state index is 11.3. The average Bonchev–Trinajstić information content (AvgIpc) is 2.65. The van der Waals surface area contributed by atoms with Crippen LogP contribution in [0.25, 0.3) is 0 Å². The highest BCUT2D eigenvalue weighted by Gasteiger charge is 2.60. The molecular weight excluding hydrogens is 198 g/mol. The maximum absolute atomic E-state index is 11.3. The summed E-state index contributed by atoms with van der Waals surface area (Å²) in [7, 11) is 0. The lowest BCUT2D eigenvalue weighted by atomic mass is 9.80. The fourth-order valence-corrected chi connectivity index (χ4v) is 2.79. The van der Waals surface area contributed by atoms with Gasteiger partial charge < -0.3 is 9.63 Å². The second-order valence-corrected chi connectivity index (χ2v) is 4.63. The zero-order valence-electron chi connectivity index (χ0n) is 8.03. The first kappa shape index (κ1) is 8.76. The molecule has 1 heterocycles. The number of carbonyl (C=O) groups is 1. The Bertz CT molecular complexity index is 462. The molecule has 2 aliphatic rings. The molecule has 1 aromatic heterocycles. The number of rotatable bonds is 2. The zero-order valence-corrected chi connectivity index (χ0v) is 8.03. The molecule has 0 aromatic carbocycles. The third kappa shape index (κ3) is 1.09. The first-order valence-corrected chi connectivity index (χ1v) is 5.04. The molecule has 0 amide bonds. The second kappa shape index (κ2) is 2.53. The molecule has 2 fully saturated rings. The average molecular weight is 209 g/mol. The van der Waals surface area contributed by atoms with Crippen LogP contribution in [-0.2, 0) is 10.2 Å². The molecule has 2 saturated carbocycles. The SMILES string of the molecule is O=C(O)C1(c2cc(=O)[nH]o2)CC2CC2C1. The third-order valence-corrected chi connectivity index (χ3v) is 3.70. The summed E-state index contributed by atoms with van der Waals surface area (Å²) in [4.78, 5) is 22.3. The van der Waals surface area contributed by atoms with Crippen LogP contribution in [0.15, 0.2) is 15.4 Å². The Balaban J connectivity index is 2.04. The van der Waals surface area contributed by atoms with Crippen molar-refractivity contribution in [1.82, 2.24) is 5.16 Å². The Morgan fingerprint density at radius 2 is 2.20 bits per heavy atom. The highest BCUT2D eigenvalue weighted by molar-refractivity contribution is 5.81. The number of aromatic amines is 1. The van der Waals surface area contributed by atoms with Gasteiger partial charge in [-0.1, -0.05) is 0 Å². The molecule has 2 N–H and O–H groups in total. The fourth-order valence-electron chi connectivity index (χ4n) is 2.79. The predicted octanol–water partition coefficient (Wildman–Crippen LogP) is 0.720. The Morgan fingerprint density at radius 3 is 2.67 bits per heavy atom. The lowest BCUT2D eigenvalue weighted by molar-refractivity contribution is -0.145. The van der Waals surface area contributed by atoms with Crippen molar-refractivity contribution >= 4 is 5.97 Å². The van der Waals surface area contributed by atoms with Crippen LogP contribution in [0.4, 0.5) is 0 Å². The molecule has 15 heavy (non-hydrogen) atoms. The summed E-state index contributed by atoms with van der Waals surface area (Å²) in [6, 6.07) is 1.26. The van der Waals surface area contributed by atoms with E-state index in [0.717, 1.165) is 6.42 Å². The quantitative estimate of drug-likeness (QED) is 0.751. The van der Waals surface area contributed by atoms with Crippen LogP contribution in [-0.4, -0.2) is 16.2 Å². The van der Waals surface area contributed by atoms with Crippen molar-refractivity contribution in [2.45, 2.75) is 24.7 Å². The van der Waals surface area contributed by atoms with Crippen molar-refractivity contribution in [2.75, 3.05) is 0 Å².